The predicted octanol–water partition coefficient (Wildman–Crippen LogP) is 3.35. The number of rotatable bonds is 10. The quantitative estimate of drug-likeness (QED) is 0.242. The summed E-state index contributed by atoms with van der Waals surface area (Å²) in [7, 11) is 1.29. The maximum Gasteiger partial charge on any atom is 0.336 e. The standard InChI is InChI=1S/C20H25ClN2O5.C8H6O4/c1-4-28-20(25)18-15(11-27-10-9-22)23-12(2)16(19(24)26-3)17(18)13-7-5-6-8-14(13)21;9-7(10)5-1-2-6(4-3-5)8(11)12/h5-8,17,23H,4,9-11,22H2,1-3H3;1-4H,(H,9,10)(H,11,12). The van der Waals surface area contributed by atoms with Crippen LogP contribution in [-0.2, 0) is 23.8 Å². The number of hydrogen-bond acceptors (Lipinski definition) is 9. The smallest absolute Gasteiger partial charge is 0.336 e. The molecule has 1 aliphatic heterocycles. The molecule has 0 saturated carbocycles. The first kappa shape index (κ1) is 32.0. The first-order valence-corrected chi connectivity index (χ1v) is 12.5. The van der Waals surface area contributed by atoms with Crippen LogP contribution in [0.4, 0.5) is 0 Å². The van der Waals surface area contributed by atoms with Crippen LogP contribution in [0.5, 0.6) is 0 Å². The number of aromatic carboxylic acids is 2. The Bertz CT molecular complexity index is 1270. The van der Waals surface area contributed by atoms with Crippen LogP contribution in [0.2, 0.25) is 5.02 Å². The second-order valence-corrected chi connectivity index (χ2v) is 8.66. The van der Waals surface area contributed by atoms with Crippen LogP contribution in [0.1, 0.15) is 46.0 Å². The monoisotopic (exact) mass is 574 g/mol. The highest BCUT2D eigenvalue weighted by Crippen LogP contribution is 2.41. The number of ether oxygens (including phenoxy) is 3. The van der Waals surface area contributed by atoms with Gasteiger partial charge in [0.2, 0.25) is 0 Å². The minimum Gasteiger partial charge on any atom is -0.478 e. The Hall–Kier alpha value is -4.19. The average molecular weight is 575 g/mol. The Morgan fingerprint density at radius 1 is 0.950 bits per heavy atom. The van der Waals surface area contributed by atoms with Gasteiger partial charge in [0, 0.05) is 17.3 Å². The molecule has 5 N–H and O–H groups in total. The summed E-state index contributed by atoms with van der Waals surface area (Å²) in [6.45, 7) is 4.42. The summed E-state index contributed by atoms with van der Waals surface area (Å²) in [6, 6.07) is 12.1. The zero-order valence-corrected chi connectivity index (χ0v) is 23.0. The van der Waals surface area contributed by atoms with Gasteiger partial charge >= 0.3 is 23.9 Å². The molecule has 1 heterocycles. The van der Waals surface area contributed by atoms with Gasteiger partial charge in [0.1, 0.15) is 0 Å². The number of benzene rings is 2. The van der Waals surface area contributed by atoms with E-state index in [4.69, 9.17) is 41.8 Å². The van der Waals surface area contributed by atoms with E-state index in [1.807, 2.05) is 0 Å². The summed E-state index contributed by atoms with van der Waals surface area (Å²) >= 11 is 6.42. The molecule has 0 amide bonds. The minimum absolute atomic E-state index is 0.0833. The Labute approximate surface area is 236 Å². The lowest BCUT2D eigenvalue weighted by Gasteiger charge is -2.31. The predicted molar refractivity (Wildman–Crippen MR) is 146 cm³/mol. The molecule has 0 aliphatic carbocycles. The van der Waals surface area contributed by atoms with Gasteiger partial charge in [-0.2, -0.15) is 0 Å². The van der Waals surface area contributed by atoms with Crippen molar-refractivity contribution in [2.75, 3.05) is 33.5 Å². The molecule has 0 saturated heterocycles. The largest absolute Gasteiger partial charge is 0.478 e. The zero-order chi connectivity index (χ0) is 29.8. The molecule has 2 aromatic carbocycles. The van der Waals surface area contributed by atoms with E-state index in [2.05, 4.69) is 5.32 Å². The maximum absolute atomic E-state index is 12.9. The zero-order valence-electron chi connectivity index (χ0n) is 22.2. The van der Waals surface area contributed by atoms with E-state index >= 15 is 0 Å². The number of dihydropyridines is 1. The summed E-state index contributed by atoms with van der Waals surface area (Å²) in [5.74, 6) is -3.99. The van der Waals surface area contributed by atoms with Gasteiger partial charge < -0.3 is 35.5 Å². The third-order valence-corrected chi connectivity index (χ3v) is 5.99. The maximum atomic E-state index is 12.9. The minimum atomic E-state index is -1.06. The van der Waals surface area contributed by atoms with Gasteiger partial charge in [0.25, 0.3) is 0 Å². The SMILES string of the molecule is CCOC(=O)C1=C(COCCN)NC(C)=C(C(=O)OC)C1c1ccccc1Cl.O=C(O)c1ccc(C(=O)O)cc1. The van der Waals surface area contributed by atoms with Crippen LogP contribution in [0.15, 0.2) is 71.1 Å². The van der Waals surface area contributed by atoms with Crippen molar-refractivity contribution in [3.63, 3.8) is 0 Å². The molecule has 0 bridgehead atoms. The molecule has 11 nitrogen and oxygen atoms in total. The van der Waals surface area contributed by atoms with Crippen molar-refractivity contribution in [3.8, 4) is 0 Å². The summed E-state index contributed by atoms with van der Waals surface area (Å²) < 4.78 is 15.8. The Morgan fingerprint density at radius 2 is 1.52 bits per heavy atom. The van der Waals surface area contributed by atoms with Crippen LogP contribution in [-0.4, -0.2) is 67.6 Å². The summed E-state index contributed by atoms with van der Waals surface area (Å²) in [6.07, 6.45) is 0. The molecular formula is C28H31ClN2O9. The van der Waals surface area contributed by atoms with E-state index in [0.717, 1.165) is 0 Å². The molecule has 1 aliphatic rings. The molecule has 1 atom stereocenters. The van der Waals surface area contributed by atoms with Crippen LogP contribution in [0.3, 0.4) is 0 Å². The van der Waals surface area contributed by atoms with Gasteiger partial charge in [0.15, 0.2) is 0 Å². The summed E-state index contributed by atoms with van der Waals surface area (Å²) in [5, 5.41) is 20.5. The van der Waals surface area contributed by atoms with Crippen molar-refractivity contribution in [1.82, 2.24) is 5.32 Å². The first-order valence-electron chi connectivity index (χ1n) is 12.1. The van der Waals surface area contributed by atoms with Gasteiger partial charge in [0.05, 0.1) is 60.8 Å². The lowest BCUT2D eigenvalue weighted by atomic mass is 9.80. The number of carboxylic acids is 2. The molecule has 2 aromatic rings. The van der Waals surface area contributed by atoms with E-state index in [-0.39, 0.29) is 29.9 Å². The van der Waals surface area contributed by atoms with E-state index in [0.29, 0.717) is 40.7 Å². The highest BCUT2D eigenvalue weighted by molar-refractivity contribution is 6.31. The summed E-state index contributed by atoms with van der Waals surface area (Å²) in [5.41, 5.74) is 7.87. The van der Waals surface area contributed by atoms with Crippen LogP contribution < -0.4 is 11.1 Å². The average Bonchev–Trinajstić information content (AvgIpc) is 2.93. The molecule has 3 rings (SSSR count). The normalized spacial score (nSPS) is 14.5. The van der Waals surface area contributed by atoms with E-state index in [9.17, 15) is 19.2 Å². The van der Waals surface area contributed by atoms with Crippen molar-refractivity contribution in [2.45, 2.75) is 19.8 Å². The fourth-order valence-corrected chi connectivity index (χ4v) is 4.12. The third-order valence-electron chi connectivity index (χ3n) is 5.65. The third kappa shape index (κ3) is 8.15. The molecule has 0 radical (unpaired) electrons. The van der Waals surface area contributed by atoms with Gasteiger partial charge in [-0.25, -0.2) is 19.2 Å². The van der Waals surface area contributed by atoms with E-state index < -0.39 is 29.8 Å². The number of hydrogen-bond donors (Lipinski definition) is 4. The Morgan fingerprint density at radius 3 is 2.00 bits per heavy atom. The Kier molecular flexibility index (Phi) is 12.3. The van der Waals surface area contributed by atoms with E-state index in [1.54, 1.807) is 38.1 Å². The molecule has 40 heavy (non-hydrogen) atoms. The lowest BCUT2D eigenvalue weighted by Crippen LogP contribution is -2.35. The number of carboxylic acid groups (broad SMARTS) is 2. The number of carbonyl (C=O) groups is 4. The first-order chi connectivity index (χ1) is 19.1. The molecule has 0 spiro atoms. The number of nitrogens with two attached hydrogens (primary N) is 1. The topological polar surface area (TPSA) is 174 Å². The lowest BCUT2D eigenvalue weighted by molar-refractivity contribution is -0.139. The van der Waals surface area contributed by atoms with Crippen LogP contribution >= 0.6 is 11.6 Å². The number of nitrogens with one attached hydrogen (secondary N) is 1. The number of carbonyl (C=O) groups excluding carboxylic acids is 2. The number of halogens is 1. The highest BCUT2D eigenvalue weighted by atomic mass is 35.5. The van der Waals surface area contributed by atoms with Crippen molar-refractivity contribution in [1.29, 1.82) is 0 Å². The molecule has 0 aromatic heterocycles. The fourth-order valence-electron chi connectivity index (χ4n) is 3.87. The molecular weight excluding hydrogens is 544 g/mol. The summed E-state index contributed by atoms with van der Waals surface area (Å²) in [4.78, 5) is 46.1. The van der Waals surface area contributed by atoms with Gasteiger partial charge in [-0.05, 0) is 49.7 Å². The number of esters is 2. The second-order valence-electron chi connectivity index (χ2n) is 8.25. The molecule has 0 fully saturated rings. The van der Waals surface area contributed by atoms with Crippen LogP contribution in [0, 0.1) is 0 Å². The number of allylic oxidation sites excluding steroid dienone is 1. The molecule has 214 valence electrons. The van der Waals surface area contributed by atoms with Gasteiger partial charge in [-0.1, -0.05) is 29.8 Å². The van der Waals surface area contributed by atoms with Gasteiger partial charge in [-0.3, -0.25) is 0 Å². The van der Waals surface area contributed by atoms with Crippen molar-refractivity contribution >= 4 is 35.5 Å². The van der Waals surface area contributed by atoms with E-state index in [1.165, 1.54) is 31.4 Å². The van der Waals surface area contributed by atoms with Crippen molar-refractivity contribution < 1.29 is 43.6 Å². The van der Waals surface area contributed by atoms with Crippen LogP contribution in [0.25, 0.3) is 0 Å². The van der Waals surface area contributed by atoms with Gasteiger partial charge in [-0.15, -0.1) is 0 Å². The fraction of sp³-hybridized carbons (Fsp3) is 0.286. The molecule has 12 heteroatoms. The highest BCUT2D eigenvalue weighted by Gasteiger charge is 2.39. The Balaban J connectivity index is 0.000000389. The number of methoxy groups -OCH3 is 1. The molecule has 1 unspecified atom stereocenters. The van der Waals surface area contributed by atoms with Crippen molar-refractivity contribution in [2.24, 2.45) is 5.73 Å². The second kappa shape index (κ2) is 15.4. The van der Waals surface area contributed by atoms with Crippen molar-refractivity contribution in [3.05, 3.63) is 92.8 Å².